The van der Waals surface area contributed by atoms with Crippen LogP contribution in [0.1, 0.15) is 100 Å². The molecule has 4 bridgehead atoms. The molecule has 0 heterocycles. The first-order valence-electron chi connectivity index (χ1n) is 13.6. The number of benzene rings is 2. The molecule has 0 amide bonds. The van der Waals surface area contributed by atoms with E-state index in [2.05, 4.69) is 52.0 Å². The van der Waals surface area contributed by atoms with Crippen LogP contribution in [-0.4, -0.2) is 0 Å². The summed E-state index contributed by atoms with van der Waals surface area (Å²) in [5.41, 5.74) is 5.90. The van der Waals surface area contributed by atoms with Crippen molar-refractivity contribution in [3.05, 3.63) is 58.7 Å². The highest BCUT2D eigenvalue weighted by Crippen LogP contribution is 2.76. The van der Waals surface area contributed by atoms with Crippen molar-refractivity contribution in [3.63, 3.8) is 0 Å². The van der Waals surface area contributed by atoms with Crippen LogP contribution < -0.4 is 9.47 Å². The van der Waals surface area contributed by atoms with Crippen LogP contribution in [0.3, 0.4) is 0 Å². The van der Waals surface area contributed by atoms with Crippen molar-refractivity contribution >= 4 is 0 Å². The molecule has 6 rings (SSSR count). The zero-order valence-electron chi connectivity index (χ0n) is 22.2. The molecule has 0 saturated heterocycles. The second-order valence-corrected chi connectivity index (χ2v) is 12.5. The van der Waals surface area contributed by atoms with Crippen molar-refractivity contribution in [2.75, 3.05) is 0 Å². The molecule has 0 radical (unpaired) electrons. The van der Waals surface area contributed by atoms with Crippen molar-refractivity contribution in [1.29, 1.82) is 10.5 Å². The second-order valence-electron chi connectivity index (χ2n) is 12.5. The van der Waals surface area contributed by atoms with Gasteiger partial charge >= 0.3 is 0 Å². The van der Waals surface area contributed by atoms with E-state index in [1.165, 1.54) is 68.9 Å². The molecule has 4 aliphatic carbocycles. The molecule has 2 aromatic rings. The van der Waals surface area contributed by atoms with E-state index in [1.807, 2.05) is 24.6 Å². The summed E-state index contributed by atoms with van der Waals surface area (Å²) < 4.78 is 10.5. The maximum atomic E-state index is 9.07. The molecule has 0 N–H and O–H groups in total. The van der Waals surface area contributed by atoms with Crippen molar-refractivity contribution in [2.24, 2.45) is 10.8 Å². The minimum Gasteiger partial charge on any atom is -0.388 e. The van der Waals surface area contributed by atoms with Crippen LogP contribution in [0, 0.1) is 47.7 Å². The van der Waals surface area contributed by atoms with Crippen LogP contribution >= 0.6 is 0 Å². The fraction of sp³-hybridized carbons (Fsp3) is 0.562. The van der Waals surface area contributed by atoms with Crippen LogP contribution in [0.15, 0.2) is 36.4 Å². The van der Waals surface area contributed by atoms with Gasteiger partial charge in [-0.2, -0.15) is 0 Å². The van der Waals surface area contributed by atoms with Gasteiger partial charge in [-0.15, -0.1) is 10.5 Å². The van der Waals surface area contributed by atoms with E-state index in [4.69, 9.17) is 20.0 Å². The number of aryl methyl sites for hydroxylation is 2. The quantitative estimate of drug-likeness (QED) is 0.356. The minimum atomic E-state index is 0.130. The van der Waals surface area contributed by atoms with Gasteiger partial charge in [0.25, 0.3) is 12.5 Å². The molecule has 0 aromatic heterocycles. The van der Waals surface area contributed by atoms with Gasteiger partial charge in [-0.1, -0.05) is 51.0 Å². The minimum absolute atomic E-state index is 0.130. The third-order valence-electron chi connectivity index (χ3n) is 9.73. The van der Waals surface area contributed by atoms with Crippen LogP contribution in [0.2, 0.25) is 0 Å². The third kappa shape index (κ3) is 3.87. The smallest absolute Gasteiger partial charge is 0.292 e. The molecule has 0 aliphatic heterocycles. The lowest BCUT2D eigenvalue weighted by atomic mass is 9.32. The molecule has 0 spiro atoms. The fourth-order valence-corrected chi connectivity index (χ4v) is 9.55. The summed E-state index contributed by atoms with van der Waals surface area (Å²) in [6.07, 6.45) is 16.2. The van der Waals surface area contributed by atoms with Gasteiger partial charge in [-0.05, 0) is 121 Å². The van der Waals surface area contributed by atoms with Crippen LogP contribution in [0.5, 0.6) is 11.5 Å². The van der Waals surface area contributed by atoms with Gasteiger partial charge in [-0.3, -0.25) is 0 Å². The predicted octanol–water partition coefficient (Wildman–Crippen LogP) is 8.15. The van der Waals surface area contributed by atoms with E-state index in [0.717, 1.165) is 17.5 Å². The van der Waals surface area contributed by atoms with Gasteiger partial charge in [0.2, 0.25) is 0 Å². The van der Waals surface area contributed by atoms with E-state index in [0.29, 0.717) is 22.3 Å². The highest BCUT2D eigenvalue weighted by molar-refractivity contribution is 5.47. The summed E-state index contributed by atoms with van der Waals surface area (Å²) in [6.45, 7) is 8.82. The Kier molecular flexibility index (Phi) is 6.07. The van der Waals surface area contributed by atoms with Crippen molar-refractivity contribution < 1.29 is 9.47 Å². The van der Waals surface area contributed by atoms with E-state index in [-0.39, 0.29) is 10.8 Å². The Morgan fingerprint density at radius 2 is 1.08 bits per heavy atom. The Bertz CT molecular complexity index is 1140. The molecule has 0 unspecified atom stereocenters. The summed E-state index contributed by atoms with van der Waals surface area (Å²) in [5.74, 6) is 1.33. The zero-order chi connectivity index (χ0) is 25.6. The van der Waals surface area contributed by atoms with E-state index in [1.54, 1.807) is 0 Å². The maximum absolute atomic E-state index is 9.07. The summed E-state index contributed by atoms with van der Waals surface area (Å²) >= 11 is 0. The number of ether oxygens (including phenoxy) is 2. The fourth-order valence-electron chi connectivity index (χ4n) is 9.55. The molecule has 4 fully saturated rings. The van der Waals surface area contributed by atoms with E-state index in [9.17, 15) is 0 Å². The Morgan fingerprint density at radius 1 is 0.667 bits per heavy atom. The SMILES string of the molecule is CCCC12CC3(CCC)CC(c4ccc(OC#N)c(C)c4)(C1)CC(c1ccc(OC#N)c(C)c1)(C2)C3. The first kappa shape index (κ1) is 24.7. The number of nitriles is 2. The monoisotopic (exact) mass is 482 g/mol. The Balaban J connectivity index is 1.68. The number of rotatable bonds is 8. The normalized spacial score (nSPS) is 32.1. The average molecular weight is 483 g/mol. The Morgan fingerprint density at radius 3 is 1.42 bits per heavy atom. The van der Waals surface area contributed by atoms with E-state index >= 15 is 0 Å². The van der Waals surface area contributed by atoms with Gasteiger partial charge in [0.05, 0.1) is 0 Å². The predicted molar refractivity (Wildman–Crippen MR) is 141 cm³/mol. The standard InChI is InChI=1S/C32H38N2O2/c1-5-11-29-15-30(12-6-2)18-31(16-29,25-7-9-27(35-21-33)23(3)13-25)20-32(17-29,19-30)26-8-10-28(36-22-34)24(4)14-26/h7-10,13-14H,5-6,11-12,15-20H2,1-4H3. The third-order valence-corrected chi connectivity index (χ3v) is 9.73. The number of nitrogens with zero attached hydrogens (tertiary/aromatic N) is 2. The maximum Gasteiger partial charge on any atom is 0.292 e. The average Bonchev–Trinajstić information content (AvgIpc) is 2.81. The molecule has 0 atom stereocenters. The first-order valence-corrected chi connectivity index (χ1v) is 13.6. The van der Waals surface area contributed by atoms with Gasteiger partial charge in [0.1, 0.15) is 11.5 Å². The highest BCUT2D eigenvalue weighted by atomic mass is 16.5. The zero-order valence-corrected chi connectivity index (χ0v) is 22.2. The molecular weight excluding hydrogens is 444 g/mol. The largest absolute Gasteiger partial charge is 0.388 e. The number of hydrogen-bond donors (Lipinski definition) is 0. The van der Waals surface area contributed by atoms with Crippen molar-refractivity contribution in [3.8, 4) is 24.0 Å². The van der Waals surface area contributed by atoms with Gasteiger partial charge in [0.15, 0.2) is 0 Å². The van der Waals surface area contributed by atoms with Crippen molar-refractivity contribution in [1.82, 2.24) is 0 Å². The summed E-state index contributed by atoms with van der Waals surface area (Å²) in [5, 5.41) is 18.1. The molecule has 4 aliphatic rings. The van der Waals surface area contributed by atoms with Crippen LogP contribution in [-0.2, 0) is 10.8 Å². The Labute approximate surface area is 216 Å². The van der Waals surface area contributed by atoms with Gasteiger partial charge in [-0.25, -0.2) is 0 Å². The second kappa shape index (κ2) is 8.85. The lowest BCUT2D eigenvalue weighted by Gasteiger charge is -2.71. The molecule has 188 valence electrons. The lowest BCUT2D eigenvalue weighted by Crippen LogP contribution is -2.64. The first-order chi connectivity index (χ1) is 17.3. The van der Waals surface area contributed by atoms with Gasteiger partial charge in [0, 0.05) is 0 Å². The molecule has 36 heavy (non-hydrogen) atoms. The van der Waals surface area contributed by atoms with Crippen molar-refractivity contribution in [2.45, 2.75) is 103 Å². The van der Waals surface area contributed by atoms with Crippen LogP contribution in [0.25, 0.3) is 0 Å². The summed E-state index contributed by atoms with van der Waals surface area (Å²) in [6, 6.07) is 13.1. The van der Waals surface area contributed by atoms with Gasteiger partial charge < -0.3 is 9.47 Å². The Hall–Kier alpha value is -2.98. The molecule has 2 aromatic carbocycles. The van der Waals surface area contributed by atoms with Crippen LogP contribution in [0.4, 0.5) is 0 Å². The highest BCUT2D eigenvalue weighted by Gasteiger charge is 2.68. The topological polar surface area (TPSA) is 66.0 Å². The number of hydrogen-bond acceptors (Lipinski definition) is 4. The summed E-state index contributed by atoms with van der Waals surface area (Å²) in [4.78, 5) is 0. The molecule has 4 nitrogen and oxygen atoms in total. The summed E-state index contributed by atoms with van der Waals surface area (Å²) in [7, 11) is 0. The molecular formula is C32H38N2O2. The molecule has 4 saturated carbocycles. The lowest BCUT2D eigenvalue weighted by molar-refractivity contribution is -0.148. The molecule has 4 heteroatoms. The van der Waals surface area contributed by atoms with E-state index < -0.39 is 0 Å².